The first kappa shape index (κ1) is 17.7. The summed E-state index contributed by atoms with van der Waals surface area (Å²) in [6.45, 7) is 7.33. The fourth-order valence-corrected chi connectivity index (χ4v) is 3.28. The van der Waals surface area contributed by atoms with E-state index in [1.165, 1.54) is 0 Å². The fraction of sp³-hybridized carbons (Fsp3) is 0.421. The molecule has 0 radical (unpaired) electrons. The minimum atomic E-state index is 0.344. The van der Waals surface area contributed by atoms with E-state index in [1.807, 2.05) is 19.1 Å². The highest BCUT2D eigenvalue weighted by molar-refractivity contribution is 5.80. The first-order valence-corrected chi connectivity index (χ1v) is 9.21. The van der Waals surface area contributed by atoms with Crippen molar-refractivity contribution >= 4 is 10.9 Å². The molecule has 0 spiro atoms. The second-order valence-corrected chi connectivity index (χ2v) is 6.67. The third-order valence-corrected chi connectivity index (χ3v) is 4.79. The second kappa shape index (κ2) is 7.89. The van der Waals surface area contributed by atoms with Crippen molar-refractivity contribution in [2.75, 3.05) is 39.5 Å². The number of aromatic amines is 1. The van der Waals surface area contributed by atoms with E-state index in [2.05, 4.69) is 19.9 Å². The lowest BCUT2D eigenvalue weighted by Gasteiger charge is -2.26. The molecule has 2 aromatic heterocycles. The van der Waals surface area contributed by atoms with Gasteiger partial charge < -0.3 is 14.5 Å². The van der Waals surface area contributed by atoms with Gasteiger partial charge in [0.2, 0.25) is 5.95 Å². The summed E-state index contributed by atoms with van der Waals surface area (Å²) in [5.41, 5.74) is 2.09. The normalized spacial score (nSPS) is 15.3. The van der Waals surface area contributed by atoms with Crippen LogP contribution in [0.25, 0.3) is 16.9 Å². The maximum absolute atomic E-state index is 8.47. The highest BCUT2D eigenvalue weighted by atomic mass is 16.5. The van der Waals surface area contributed by atoms with Crippen LogP contribution in [0.5, 0.6) is 5.75 Å². The molecule has 8 heteroatoms. The van der Waals surface area contributed by atoms with Gasteiger partial charge >= 0.3 is 0 Å². The number of morpholine rings is 1. The van der Waals surface area contributed by atoms with Crippen LogP contribution < -0.4 is 10.2 Å². The number of H-pyrrole nitrogens is 1. The van der Waals surface area contributed by atoms with Crippen molar-refractivity contribution in [3.63, 3.8) is 0 Å². The minimum absolute atomic E-state index is 0.344. The Kier molecular flexibility index (Phi) is 5.17. The van der Waals surface area contributed by atoms with Gasteiger partial charge in [0.05, 0.1) is 25.3 Å². The van der Waals surface area contributed by atoms with Gasteiger partial charge in [0.25, 0.3) is 0 Å². The average Bonchev–Trinajstić information content (AvgIpc) is 3.22. The summed E-state index contributed by atoms with van der Waals surface area (Å²) in [5.74, 6) is 1.41. The molecule has 0 bridgehead atoms. The summed E-state index contributed by atoms with van der Waals surface area (Å²) < 4.78 is 13.0. The third-order valence-electron chi connectivity index (χ3n) is 4.79. The van der Waals surface area contributed by atoms with Gasteiger partial charge in [-0.1, -0.05) is 0 Å². The van der Waals surface area contributed by atoms with Crippen molar-refractivity contribution in [3.05, 3.63) is 41.9 Å². The predicted molar refractivity (Wildman–Crippen MR) is 101 cm³/mol. The van der Waals surface area contributed by atoms with E-state index >= 15 is 0 Å². The van der Waals surface area contributed by atoms with Crippen LogP contribution in [-0.4, -0.2) is 63.9 Å². The summed E-state index contributed by atoms with van der Waals surface area (Å²) >= 11 is 0. The van der Waals surface area contributed by atoms with Crippen LogP contribution in [0.15, 0.2) is 30.9 Å². The Morgan fingerprint density at radius 2 is 2.11 bits per heavy atom. The molecule has 0 saturated carbocycles. The van der Waals surface area contributed by atoms with Crippen molar-refractivity contribution in [1.82, 2.24) is 24.4 Å². The van der Waals surface area contributed by atoms with Crippen molar-refractivity contribution in [2.24, 2.45) is 0 Å². The molecule has 0 atom stereocenters. The second-order valence-electron chi connectivity index (χ2n) is 6.67. The van der Waals surface area contributed by atoms with E-state index in [9.17, 15) is 0 Å². The lowest BCUT2D eigenvalue weighted by Crippen LogP contribution is -2.37. The number of nitrogens with zero attached hydrogens (tertiary/aromatic N) is 4. The van der Waals surface area contributed by atoms with Crippen LogP contribution in [0, 0.1) is 12.3 Å². The summed E-state index contributed by atoms with van der Waals surface area (Å²) in [6.07, 6.45) is 5.97. The summed E-state index contributed by atoms with van der Waals surface area (Å²) in [7, 11) is 0. The molecule has 0 amide bonds. The molecule has 1 aliphatic heterocycles. The van der Waals surface area contributed by atoms with E-state index in [-0.39, 0.29) is 0 Å². The average molecular weight is 368 g/mol. The molecule has 4 rings (SSSR count). The summed E-state index contributed by atoms with van der Waals surface area (Å²) in [5, 5.41) is 9.24. The number of aromatic nitrogens is 4. The third kappa shape index (κ3) is 3.86. The SMILES string of the molecule is Cc1cc2c(=N)n(-c3ncc[nH]3)cnc2cc1OCCCN1CCOCC1. The maximum Gasteiger partial charge on any atom is 0.214 e. The van der Waals surface area contributed by atoms with Crippen LogP contribution in [0.4, 0.5) is 0 Å². The molecule has 8 nitrogen and oxygen atoms in total. The number of imidazole rings is 1. The number of nitrogens with one attached hydrogen (secondary N) is 2. The van der Waals surface area contributed by atoms with Crippen molar-refractivity contribution in [2.45, 2.75) is 13.3 Å². The number of ether oxygens (including phenoxy) is 2. The van der Waals surface area contributed by atoms with Gasteiger partial charge in [0.15, 0.2) is 0 Å². The number of aryl methyl sites for hydroxylation is 1. The van der Waals surface area contributed by atoms with Gasteiger partial charge in [0.1, 0.15) is 17.6 Å². The topological polar surface area (TPSA) is 92.0 Å². The molecule has 1 aliphatic rings. The monoisotopic (exact) mass is 368 g/mol. The standard InChI is InChI=1S/C19H24N6O2/c1-14-11-15-16(23-13-25(18(15)20)19-21-3-4-22-19)12-17(14)27-8-2-5-24-6-9-26-10-7-24/h3-4,11-13,20H,2,5-10H2,1H3,(H,21,22). The molecular formula is C19H24N6O2. The molecule has 3 heterocycles. The first-order chi connectivity index (χ1) is 13.2. The van der Waals surface area contributed by atoms with E-state index in [0.717, 1.165) is 61.5 Å². The Morgan fingerprint density at radius 3 is 2.89 bits per heavy atom. The largest absolute Gasteiger partial charge is 0.493 e. The molecular weight excluding hydrogens is 344 g/mol. The Bertz CT molecular complexity index is 960. The maximum atomic E-state index is 8.47. The lowest BCUT2D eigenvalue weighted by atomic mass is 10.1. The van der Waals surface area contributed by atoms with Gasteiger partial charge in [0, 0.05) is 43.5 Å². The first-order valence-electron chi connectivity index (χ1n) is 9.21. The van der Waals surface area contributed by atoms with E-state index in [1.54, 1.807) is 23.3 Å². The predicted octanol–water partition coefficient (Wildman–Crippen LogP) is 1.64. The molecule has 2 N–H and O–H groups in total. The van der Waals surface area contributed by atoms with Gasteiger partial charge in [-0.15, -0.1) is 0 Å². The van der Waals surface area contributed by atoms with Crippen molar-refractivity contribution in [1.29, 1.82) is 5.41 Å². The van der Waals surface area contributed by atoms with E-state index < -0.39 is 0 Å². The lowest BCUT2D eigenvalue weighted by molar-refractivity contribution is 0.0358. The Morgan fingerprint density at radius 1 is 1.26 bits per heavy atom. The number of fused-ring (bicyclic) bond motifs is 1. The molecule has 27 heavy (non-hydrogen) atoms. The molecule has 0 unspecified atom stereocenters. The van der Waals surface area contributed by atoms with Gasteiger partial charge in [-0.25, -0.2) is 9.97 Å². The molecule has 0 aliphatic carbocycles. The van der Waals surface area contributed by atoms with Crippen LogP contribution in [0.1, 0.15) is 12.0 Å². The molecule has 3 aromatic rings. The molecule has 142 valence electrons. The van der Waals surface area contributed by atoms with Crippen LogP contribution in [0.3, 0.4) is 0 Å². The zero-order chi connectivity index (χ0) is 18.6. The van der Waals surface area contributed by atoms with Gasteiger partial charge in [-0.3, -0.25) is 14.9 Å². The quantitative estimate of drug-likeness (QED) is 0.646. The molecule has 1 fully saturated rings. The molecule has 1 aromatic carbocycles. The minimum Gasteiger partial charge on any atom is -0.493 e. The van der Waals surface area contributed by atoms with Crippen LogP contribution in [0.2, 0.25) is 0 Å². The van der Waals surface area contributed by atoms with Crippen molar-refractivity contribution < 1.29 is 9.47 Å². The molecule has 1 saturated heterocycles. The zero-order valence-corrected chi connectivity index (χ0v) is 15.4. The number of benzene rings is 1. The van der Waals surface area contributed by atoms with Crippen LogP contribution in [-0.2, 0) is 4.74 Å². The number of hydrogen-bond donors (Lipinski definition) is 2. The highest BCUT2D eigenvalue weighted by Crippen LogP contribution is 2.23. The Hall–Kier alpha value is -2.71. The Labute approximate surface area is 157 Å². The zero-order valence-electron chi connectivity index (χ0n) is 15.4. The van der Waals surface area contributed by atoms with E-state index in [0.29, 0.717) is 18.0 Å². The Balaban J connectivity index is 1.47. The van der Waals surface area contributed by atoms with Crippen molar-refractivity contribution in [3.8, 4) is 11.7 Å². The summed E-state index contributed by atoms with van der Waals surface area (Å²) in [6, 6.07) is 3.88. The van der Waals surface area contributed by atoms with Gasteiger partial charge in [-0.05, 0) is 25.0 Å². The number of rotatable bonds is 6. The number of hydrogen-bond acceptors (Lipinski definition) is 6. The summed E-state index contributed by atoms with van der Waals surface area (Å²) in [4.78, 5) is 14.1. The fourth-order valence-electron chi connectivity index (χ4n) is 3.28. The smallest absolute Gasteiger partial charge is 0.214 e. The van der Waals surface area contributed by atoms with Gasteiger partial charge in [-0.2, -0.15) is 0 Å². The highest BCUT2D eigenvalue weighted by Gasteiger charge is 2.11. The van der Waals surface area contributed by atoms with E-state index in [4.69, 9.17) is 14.9 Å². The van der Waals surface area contributed by atoms with Crippen LogP contribution >= 0.6 is 0 Å².